The van der Waals surface area contributed by atoms with Gasteiger partial charge in [0.25, 0.3) is 0 Å². The van der Waals surface area contributed by atoms with Crippen molar-refractivity contribution >= 4 is 17.7 Å². The summed E-state index contributed by atoms with van der Waals surface area (Å²) < 4.78 is 26.6. The second kappa shape index (κ2) is 7.00. The molecule has 0 bridgehead atoms. The first-order valence-corrected chi connectivity index (χ1v) is 8.00. The number of piperazine rings is 1. The molecular weight excluding hydrogens is 328 g/mol. The maximum atomic E-state index is 13.6. The van der Waals surface area contributed by atoms with E-state index in [0.717, 1.165) is 23.5 Å². The molecule has 3 rings (SSSR count). The Labute approximate surface area is 144 Å². The van der Waals surface area contributed by atoms with E-state index in [1.165, 1.54) is 6.07 Å². The van der Waals surface area contributed by atoms with Gasteiger partial charge >= 0.3 is 6.03 Å². The van der Waals surface area contributed by atoms with Crippen LogP contribution in [0.3, 0.4) is 0 Å². The van der Waals surface area contributed by atoms with Gasteiger partial charge in [0, 0.05) is 43.6 Å². The minimum absolute atomic E-state index is 0.0357. The molecule has 1 aliphatic heterocycles. The van der Waals surface area contributed by atoms with Gasteiger partial charge in [0.15, 0.2) is 0 Å². The van der Waals surface area contributed by atoms with Gasteiger partial charge in [-0.2, -0.15) is 0 Å². The molecule has 0 aliphatic carbocycles. The smallest absolute Gasteiger partial charge is 0.322 e. The molecule has 25 heavy (non-hydrogen) atoms. The highest BCUT2D eigenvalue weighted by Gasteiger charge is 2.23. The van der Waals surface area contributed by atoms with Crippen LogP contribution >= 0.6 is 0 Å². The fourth-order valence-electron chi connectivity index (χ4n) is 2.74. The molecule has 1 N–H and O–H groups in total. The molecule has 1 aliphatic rings. The van der Waals surface area contributed by atoms with Gasteiger partial charge in [0.05, 0.1) is 5.69 Å². The topological polar surface area (TPSA) is 61.4 Å². The molecule has 1 saturated heterocycles. The van der Waals surface area contributed by atoms with Crippen LogP contribution < -0.4 is 10.2 Å². The van der Waals surface area contributed by atoms with Crippen molar-refractivity contribution < 1.29 is 13.6 Å². The van der Waals surface area contributed by atoms with Gasteiger partial charge in [0.1, 0.15) is 11.6 Å². The summed E-state index contributed by atoms with van der Waals surface area (Å²) in [6.45, 7) is 5.93. The van der Waals surface area contributed by atoms with Crippen molar-refractivity contribution in [1.29, 1.82) is 0 Å². The second-order valence-electron chi connectivity index (χ2n) is 5.98. The number of benzene rings is 1. The van der Waals surface area contributed by atoms with E-state index in [1.54, 1.807) is 4.90 Å². The largest absolute Gasteiger partial charge is 0.337 e. The lowest BCUT2D eigenvalue weighted by atomic mass is 10.3. The number of hydrogen-bond acceptors (Lipinski definition) is 4. The van der Waals surface area contributed by atoms with E-state index in [4.69, 9.17) is 0 Å². The Morgan fingerprint density at radius 3 is 2.28 bits per heavy atom. The molecule has 2 heterocycles. The Kier molecular flexibility index (Phi) is 4.78. The monoisotopic (exact) mass is 347 g/mol. The van der Waals surface area contributed by atoms with Gasteiger partial charge in [-0.05, 0) is 32.0 Å². The number of urea groups is 1. The van der Waals surface area contributed by atoms with Gasteiger partial charge in [-0.3, -0.25) is 0 Å². The van der Waals surface area contributed by atoms with E-state index < -0.39 is 17.7 Å². The van der Waals surface area contributed by atoms with Crippen LogP contribution in [0.4, 0.5) is 25.2 Å². The van der Waals surface area contributed by atoms with Crippen molar-refractivity contribution in [2.45, 2.75) is 13.8 Å². The van der Waals surface area contributed by atoms with E-state index in [0.29, 0.717) is 32.1 Å². The SMILES string of the molecule is Cc1cc(C)nc(N2CCN(C(=O)Nc3ccc(F)cc3F)CC2)n1. The standard InChI is InChI=1S/C17H19F2N5O/c1-11-9-12(2)21-16(20-11)23-5-7-24(8-6-23)17(25)22-15-4-3-13(18)10-14(15)19/h3-4,9-10H,5-8H2,1-2H3,(H,22,25). The second-order valence-corrected chi connectivity index (χ2v) is 5.98. The minimum atomic E-state index is -0.796. The number of anilines is 2. The number of hydrogen-bond donors (Lipinski definition) is 1. The van der Waals surface area contributed by atoms with Crippen LogP contribution in [-0.2, 0) is 0 Å². The third-order valence-electron chi connectivity index (χ3n) is 3.99. The lowest BCUT2D eigenvalue weighted by Crippen LogP contribution is -2.50. The van der Waals surface area contributed by atoms with Crippen LogP contribution in [-0.4, -0.2) is 47.1 Å². The highest BCUT2D eigenvalue weighted by molar-refractivity contribution is 5.89. The molecule has 0 saturated carbocycles. The number of rotatable bonds is 2. The first-order valence-electron chi connectivity index (χ1n) is 8.00. The molecule has 0 unspecified atom stereocenters. The summed E-state index contributed by atoms with van der Waals surface area (Å²) in [4.78, 5) is 24.7. The van der Waals surface area contributed by atoms with Crippen LogP contribution in [0.2, 0.25) is 0 Å². The number of nitrogens with zero attached hydrogens (tertiary/aromatic N) is 4. The quantitative estimate of drug-likeness (QED) is 0.907. The maximum Gasteiger partial charge on any atom is 0.322 e. The Balaban J connectivity index is 1.60. The molecule has 2 amide bonds. The van der Waals surface area contributed by atoms with Crippen LogP contribution in [0.1, 0.15) is 11.4 Å². The Hall–Kier alpha value is -2.77. The number of aromatic nitrogens is 2. The average molecular weight is 347 g/mol. The maximum absolute atomic E-state index is 13.6. The van der Waals surface area contributed by atoms with Gasteiger partial charge in [-0.15, -0.1) is 0 Å². The van der Waals surface area contributed by atoms with E-state index >= 15 is 0 Å². The first kappa shape index (κ1) is 17.1. The molecule has 1 aromatic heterocycles. The number of nitrogens with one attached hydrogen (secondary N) is 1. The number of carbonyl (C=O) groups is 1. The molecule has 1 fully saturated rings. The Morgan fingerprint density at radius 2 is 1.68 bits per heavy atom. The van der Waals surface area contributed by atoms with Crippen molar-refractivity contribution in [1.82, 2.24) is 14.9 Å². The predicted molar refractivity (Wildman–Crippen MR) is 90.7 cm³/mol. The zero-order chi connectivity index (χ0) is 18.0. The van der Waals surface area contributed by atoms with Crippen molar-refractivity contribution in [2.75, 3.05) is 36.4 Å². The summed E-state index contributed by atoms with van der Waals surface area (Å²) in [6.07, 6.45) is 0. The van der Waals surface area contributed by atoms with E-state index in [2.05, 4.69) is 15.3 Å². The fraction of sp³-hybridized carbons (Fsp3) is 0.353. The van der Waals surface area contributed by atoms with Gasteiger partial charge in [-0.25, -0.2) is 23.5 Å². The summed E-state index contributed by atoms with van der Waals surface area (Å²) in [7, 11) is 0. The number of carbonyl (C=O) groups excluding carboxylic acids is 1. The molecule has 0 atom stereocenters. The predicted octanol–water partition coefficient (Wildman–Crippen LogP) is 2.73. The summed E-state index contributed by atoms with van der Waals surface area (Å²) in [5.41, 5.74) is 1.76. The molecule has 8 heteroatoms. The van der Waals surface area contributed by atoms with Gasteiger partial charge in [0.2, 0.25) is 5.95 Å². The van der Waals surface area contributed by atoms with Gasteiger partial charge in [-0.1, -0.05) is 0 Å². The third kappa shape index (κ3) is 4.01. The lowest BCUT2D eigenvalue weighted by Gasteiger charge is -2.34. The average Bonchev–Trinajstić information content (AvgIpc) is 2.56. The van der Waals surface area contributed by atoms with Crippen molar-refractivity contribution in [2.24, 2.45) is 0 Å². The molecule has 132 valence electrons. The zero-order valence-corrected chi connectivity index (χ0v) is 14.1. The third-order valence-corrected chi connectivity index (χ3v) is 3.99. The number of halogens is 2. The van der Waals surface area contributed by atoms with Crippen LogP contribution in [0, 0.1) is 25.5 Å². The summed E-state index contributed by atoms with van der Waals surface area (Å²) >= 11 is 0. The summed E-state index contributed by atoms with van der Waals surface area (Å²) in [6, 6.07) is 4.55. The molecule has 6 nitrogen and oxygen atoms in total. The summed E-state index contributed by atoms with van der Waals surface area (Å²) in [5.74, 6) is -0.824. The minimum Gasteiger partial charge on any atom is -0.337 e. The highest BCUT2D eigenvalue weighted by Crippen LogP contribution is 2.17. The molecule has 2 aromatic rings. The first-order chi connectivity index (χ1) is 11.9. The van der Waals surface area contributed by atoms with Crippen LogP contribution in [0.25, 0.3) is 0 Å². The van der Waals surface area contributed by atoms with Crippen molar-refractivity contribution in [3.8, 4) is 0 Å². The zero-order valence-electron chi connectivity index (χ0n) is 14.1. The van der Waals surface area contributed by atoms with E-state index in [1.807, 2.05) is 24.8 Å². The lowest BCUT2D eigenvalue weighted by molar-refractivity contribution is 0.208. The Bertz CT molecular complexity index is 770. The van der Waals surface area contributed by atoms with Gasteiger partial charge < -0.3 is 15.1 Å². The van der Waals surface area contributed by atoms with Crippen molar-refractivity contribution in [3.05, 3.63) is 47.3 Å². The normalized spacial score (nSPS) is 14.6. The van der Waals surface area contributed by atoms with Crippen LogP contribution in [0.15, 0.2) is 24.3 Å². The fourth-order valence-corrected chi connectivity index (χ4v) is 2.74. The number of aryl methyl sites for hydroxylation is 2. The van der Waals surface area contributed by atoms with E-state index in [-0.39, 0.29) is 5.69 Å². The molecule has 0 radical (unpaired) electrons. The van der Waals surface area contributed by atoms with E-state index in [9.17, 15) is 13.6 Å². The molecular formula is C17H19F2N5O. The molecule has 1 aromatic carbocycles. The summed E-state index contributed by atoms with van der Waals surface area (Å²) in [5, 5.41) is 2.48. The Morgan fingerprint density at radius 1 is 1.04 bits per heavy atom. The van der Waals surface area contributed by atoms with Crippen LogP contribution in [0.5, 0.6) is 0 Å². The number of amides is 2. The van der Waals surface area contributed by atoms with Crippen molar-refractivity contribution in [3.63, 3.8) is 0 Å². The molecule has 0 spiro atoms. The highest BCUT2D eigenvalue weighted by atomic mass is 19.1.